The zero-order valence-corrected chi connectivity index (χ0v) is 11.9. The lowest BCUT2D eigenvalue weighted by Gasteiger charge is -2.15. The summed E-state index contributed by atoms with van der Waals surface area (Å²) in [6.45, 7) is 1.47. The number of halogens is 1. The maximum atomic E-state index is 12.5. The number of benzene rings is 1. The molecule has 0 saturated carbocycles. The van der Waals surface area contributed by atoms with Crippen molar-refractivity contribution >= 4 is 38.9 Å². The molecule has 0 spiro atoms. The first-order valence-corrected chi connectivity index (χ1v) is 7.47. The zero-order chi connectivity index (χ0) is 13.4. The highest BCUT2D eigenvalue weighted by Crippen LogP contribution is 2.36. The van der Waals surface area contributed by atoms with E-state index in [4.69, 9.17) is 16.7 Å². The van der Waals surface area contributed by atoms with E-state index in [1.165, 1.54) is 11.3 Å². The van der Waals surface area contributed by atoms with Gasteiger partial charge >= 0.3 is 0 Å². The lowest BCUT2D eigenvalue weighted by molar-refractivity contribution is 0.0787. The van der Waals surface area contributed by atoms with Crippen LogP contribution in [0.2, 0.25) is 5.02 Å². The summed E-state index contributed by atoms with van der Waals surface area (Å²) < 4.78 is 1.04. The molecule has 100 valence electrons. The second kappa shape index (κ2) is 5.12. The quantitative estimate of drug-likeness (QED) is 0.925. The average molecular weight is 296 g/mol. The van der Waals surface area contributed by atoms with Crippen molar-refractivity contribution in [3.63, 3.8) is 0 Å². The first kappa shape index (κ1) is 12.9. The number of carbonyl (C=O) groups excluding carboxylic acids is 1. The van der Waals surface area contributed by atoms with Crippen molar-refractivity contribution in [2.24, 2.45) is 5.92 Å². The lowest BCUT2D eigenvalue weighted by atomic mass is 10.1. The SMILES string of the molecule is O=C(c1sc2ccccc2c1Cl)N1CCC(CO)C1. The van der Waals surface area contributed by atoms with Crippen molar-refractivity contribution in [3.05, 3.63) is 34.2 Å². The van der Waals surface area contributed by atoms with Gasteiger partial charge in [0.25, 0.3) is 5.91 Å². The van der Waals surface area contributed by atoms with E-state index in [2.05, 4.69) is 0 Å². The Hall–Kier alpha value is -1.10. The highest BCUT2D eigenvalue weighted by molar-refractivity contribution is 7.21. The molecule has 1 unspecified atom stereocenters. The van der Waals surface area contributed by atoms with Crippen molar-refractivity contribution in [1.82, 2.24) is 4.90 Å². The Labute approximate surface area is 120 Å². The fourth-order valence-corrected chi connectivity index (χ4v) is 3.94. The molecule has 5 heteroatoms. The molecular weight excluding hydrogens is 282 g/mol. The van der Waals surface area contributed by atoms with Gasteiger partial charge in [-0.3, -0.25) is 4.79 Å². The molecule has 1 saturated heterocycles. The molecule has 2 heterocycles. The van der Waals surface area contributed by atoms with Crippen molar-refractivity contribution < 1.29 is 9.90 Å². The maximum Gasteiger partial charge on any atom is 0.265 e. The van der Waals surface area contributed by atoms with Crippen LogP contribution in [0.1, 0.15) is 16.1 Å². The average Bonchev–Trinajstić information content (AvgIpc) is 3.04. The third kappa shape index (κ3) is 2.24. The van der Waals surface area contributed by atoms with Crippen molar-refractivity contribution in [2.45, 2.75) is 6.42 Å². The second-order valence-electron chi connectivity index (χ2n) is 4.83. The molecule has 0 radical (unpaired) electrons. The van der Waals surface area contributed by atoms with Crippen LogP contribution in [-0.4, -0.2) is 35.6 Å². The minimum absolute atomic E-state index is 0.0119. The number of aliphatic hydroxyl groups excluding tert-OH is 1. The van der Waals surface area contributed by atoms with Gasteiger partial charge in [-0.2, -0.15) is 0 Å². The van der Waals surface area contributed by atoms with E-state index in [0.29, 0.717) is 23.0 Å². The maximum absolute atomic E-state index is 12.5. The molecule has 0 bridgehead atoms. The Kier molecular flexibility index (Phi) is 3.48. The number of hydrogen-bond donors (Lipinski definition) is 1. The van der Waals surface area contributed by atoms with Gasteiger partial charge in [0.2, 0.25) is 0 Å². The third-order valence-corrected chi connectivity index (χ3v) is 5.22. The highest BCUT2D eigenvalue weighted by atomic mass is 35.5. The molecule has 1 N–H and O–H groups in total. The monoisotopic (exact) mass is 295 g/mol. The molecule has 0 aliphatic carbocycles. The first-order valence-electron chi connectivity index (χ1n) is 6.28. The van der Waals surface area contributed by atoms with Gasteiger partial charge in [-0.15, -0.1) is 11.3 Å². The number of amides is 1. The van der Waals surface area contributed by atoms with E-state index in [-0.39, 0.29) is 18.4 Å². The van der Waals surface area contributed by atoms with E-state index in [1.807, 2.05) is 24.3 Å². The second-order valence-corrected chi connectivity index (χ2v) is 6.26. The predicted molar refractivity (Wildman–Crippen MR) is 77.9 cm³/mol. The van der Waals surface area contributed by atoms with Crippen LogP contribution in [0.5, 0.6) is 0 Å². The van der Waals surface area contributed by atoms with Crippen LogP contribution in [0.3, 0.4) is 0 Å². The summed E-state index contributed by atoms with van der Waals surface area (Å²) >= 11 is 7.76. The molecule has 1 atom stereocenters. The van der Waals surface area contributed by atoms with E-state index < -0.39 is 0 Å². The third-order valence-electron chi connectivity index (χ3n) is 3.56. The number of rotatable bonds is 2. The minimum atomic E-state index is -0.0119. The van der Waals surface area contributed by atoms with E-state index >= 15 is 0 Å². The van der Waals surface area contributed by atoms with Gasteiger partial charge in [0.05, 0.1) is 5.02 Å². The van der Waals surface area contributed by atoms with E-state index in [1.54, 1.807) is 4.90 Å². The fraction of sp³-hybridized carbons (Fsp3) is 0.357. The standard InChI is InChI=1S/C14H14ClNO2S/c15-12-10-3-1-2-4-11(10)19-13(12)14(18)16-6-5-9(7-16)8-17/h1-4,9,17H,5-8H2. The summed E-state index contributed by atoms with van der Waals surface area (Å²) in [6.07, 6.45) is 0.866. The van der Waals surface area contributed by atoms with Gasteiger partial charge in [-0.1, -0.05) is 29.8 Å². The normalized spacial score (nSPS) is 19.3. The van der Waals surface area contributed by atoms with Gasteiger partial charge in [-0.05, 0) is 12.5 Å². The summed E-state index contributed by atoms with van der Waals surface area (Å²) in [5.74, 6) is 0.194. The van der Waals surface area contributed by atoms with Crippen LogP contribution in [0.15, 0.2) is 24.3 Å². The first-order chi connectivity index (χ1) is 9.20. The Morgan fingerprint density at radius 1 is 1.47 bits per heavy atom. The van der Waals surface area contributed by atoms with Crippen molar-refractivity contribution in [2.75, 3.05) is 19.7 Å². The molecule has 1 aliphatic heterocycles. The van der Waals surface area contributed by atoms with Crippen LogP contribution in [0, 0.1) is 5.92 Å². The smallest absolute Gasteiger partial charge is 0.265 e. The summed E-state index contributed by atoms with van der Waals surface area (Å²) in [7, 11) is 0. The number of fused-ring (bicyclic) bond motifs is 1. The molecule has 2 aromatic rings. The summed E-state index contributed by atoms with van der Waals surface area (Å²) in [5, 5.41) is 10.6. The number of likely N-dealkylation sites (tertiary alicyclic amines) is 1. The Morgan fingerprint density at radius 3 is 2.95 bits per heavy atom. The zero-order valence-electron chi connectivity index (χ0n) is 10.3. The predicted octanol–water partition coefficient (Wildman–Crippen LogP) is 3.01. The molecular formula is C14H14ClNO2S. The molecule has 3 nitrogen and oxygen atoms in total. The summed E-state index contributed by atoms with van der Waals surface area (Å²) in [5.41, 5.74) is 0. The van der Waals surface area contributed by atoms with Crippen molar-refractivity contribution in [3.8, 4) is 0 Å². The summed E-state index contributed by atoms with van der Waals surface area (Å²) in [4.78, 5) is 14.9. The van der Waals surface area contributed by atoms with Crippen LogP contribution >= 0.6 is 22.9 Å². The summed E-state index contributed by atoms with van der Waals surface area (Å²) in [6, 6.07) is 7.78. The number of hydrogen-bond acceptors (Lipinski definition) is 3. The highest BCUT2D eigenvalue weighted by Gasteiger charge is 2.29. The lowest BCUT2D eigenvalue weighted by Crippen LogP contribution is -2.28. The van der Waals surface area contributed by atoms with Crippen LogP contribution in [-0.2, 0) is 0 Å². The van der Waals surface area contributed by atoms with Gasteiger partial charge in [-0.25, -0.2) is 0 Å². The van der Waals surface area contributed by atoms with Crippen LogP contribution in [0.25, 0.3) is 10.1 Å². The molecule has 1 amide bonds. The van der Waals surface area contributed by atoms with E-state index in [9.17, 15) is 4.79 Å². The molecule has 1 aromatic heterocycles. The van der Waals surface area contributed by atoms with Gasteiger partial charge in [0, 0.05) is 35.7 Å². The number of thiophene rings is 1. The van der Waals surface area contributed by atoms with Gasteiger partial charge in [0.15, 0.2) is 0 Å². The molecule has 1 fully saturated rings. The number of aliphatic hydroxyl groups is 1. The molecule has 3 rings (SSSR count). The minimum Gasteiger partial charge on any atom is -0.396 e. The van der Waals surface area contributed by atoms with E-state index in [0.717, 1.165) is 16.5 Å². The molecule has 1 aliphatic rings. The Bertz CT molecular complexity index is 625. The fourth-order valence-electron chi connectivity index (χ4n) is 2.46. The Morgan fingerprint density at radius 2 is 2.26 bits per heavy atom. The van der Waals surface area contributed by atoms with Crippen LogP contribution < -0.4 is 0 Å². The largest absolute Gasteiger partial charge is 0.396 e. The molecule has 19 heavy (non-hydrogen) atoms. The van der Waals surface area contributed by atoms with Gasteiger partial charge < -0.3 is 10.0 Å². The number of nitrogens with zero attached hydrogens (tertiary/aromatic N) is 1. The van der Waals surface area contributed by atoms with Crippen LogP contribution in [0.4, 0.5) is 0 Å². The number of carbonyl (C=O) groups is 1. The molecule has 1 aromatic carbocycles. The van der Waals surface area contributed by atoms with Crippen molar-refractivity contribution in [1.29, 1.82) is 0 Å². The Balaban J connectivity index is 1.92. The topological polar surface area (TPSA) is 40.5 Å². The van der Waals surface area contributed by atoms with Gasteiger partial charge in [0.1, 0.15) is 4.88 Å².